The fraction of sp³-hybridized carbons (Fsp3) is 0.938. The van der Waals surface area contributed by atoms with Crippen molar-refractivity contribution < 1.29 is 14.3 Å². The lowest BCUT2D eigenvalue weighted by atomic mass is 10.1. The van der Waals surface area contributed by atoms with Crippen LogP contribution in [0.25, 0.3) is 0 Å². The number of carbonyl (C=O) groups excluding carboxylic acids is 1. The van der Waals surface area contributed by atoms with E-state index in [1.807, 2.05) is 41.5 Å². The SMILES string of the molecule is COCC(C)CNCCN(C(=O)OC(C)(C)C)C(C)(C)C. The quantitative estimate of drug-likeness (QED) is 0.735. The summed E-state index contributed by atoms with van der Waals surface area (Å²) in [6, 6.07) is 0. The maximum atomic E-state index is 12.3. The molecule has 0 heterocycles. The van der Waals surface area contributed by atoms with Crippen molar-refractivity contribution in [1.82, 2.24) is 10.2 Å². The lowest BCUT2D eigenvalue weighted by molar-refractivity contribution is 0.00656. The van der Waals surface area contributed by atoms with Gasteiger partial charge in [0.25, 0.3) is 0 Å². The summed E-state index contributed by atoms with van der Waals surface area (Å²) in [5, 5.41) is 3.36. The average Bonchev–Trinajstić information content (AvgIpc) is 2.24. The van der Waals surface area contributed by atoms with Gasteiger partial charge in [0, 0.05) is 32.3 Å². The number of carbonyl (C=O) groups is 1. The van der Waals surface area contributed by atoms with Crippen LogP contribution in [0.1, 0.15) is 48.5 Å². The minimum absolute atomic E-state index is 0.262. The highest BCUT2D eigenvalue weighted by Crippen LogP contribution is 2.17. The Bertz CT molecular complexity index is 306. The van der Waals surface area contributed by atoms with Crippen molar-refractivity contribution in [1.29, 1.82) is 0 Å². The molecule has 1 atom stereocenters. The van der Waals surface area contributed by atoms with Crippen molar-refractivity contribution in [3.8, 4) is 0 Å². The van der Waals surface area contributed by atoms with E-state index >= 15 is 0 Å². The van der Waals surface area contributed by atoms with Crippen LogP contribution in [0.4, 0.5) is 4.79 Å². The van der Waals surface area contributed by atoms with Gasteiger partial charge in [0.2, 0.25) is 0 Å². The molecule has 0 saturated heterocycles. The Hall–Kier alpha value is -0.810. The molecule has 0 aromatic heterocycles. The second-order valence-electron chi connectivity index (χ2n) is 7.57. The van der Waals surface area contributed by atoms with E-state index in [0.717, 1.165) is 19.7 Å². The van der Waals surface area contributed by atoms with Crippen molar-refractivity contribution >= 4 is 6.09 Å². The molecule has 1 amide bonds. The molecular formula is C16H34N2O3. The zero-order valence-corrected chi connectivity index (χ0v) is 15.1. The summed E-state index contributed by atoms with van der Waals surface area (Å²) in [7, 11) is 1.71. The minimum Gasteiger partial charge on any atom is -0.444 e. The van der Waals surface area contributed by atoms with Crippen LogP contribution >= 0.6 is 0 Å². The molecule has 0 spiro atoms. The highest BCUT2D eigenvalue weighted by atomic mass is 16.6. The monoisotopic (exact) mass is 302 g/mol. The third kappa shape index (κ3) is 9.69. The fourth-order valence-corrected chi connectivity index (χ4v) is 1.90. The predicted molar refractivity (Wildman–Crippen MR) is 86.6 cm³/mol. The average molecular weight is 302 g/mol. The maximum absolute atomic E-state index is 12.3. The molecule has 5 heteroatoms. The van der Waals surface area contributed by atoms with Crippen molar-refractivity contribution in [3.63, 3.8) is 0 Å². The molecule has 5 nitrogen and oxygen atoms in total. The maximum Gasteiger partial charge on any atom is 0.410 e. The molecule has 126 valence electrons. The summed E-state index contributed by atoms with van der Waals surface area (Å²) < 4.78 is 10.6. The third-order valence-corrected chi connectivity index (χ3v) is 2.88. The molecule has 0 bridgehead atoms. The first-order chi connectivity index (χ1) is 9.47. The van der Waals surface area contributed by atoms with Gasteiger partial charge in [-0.25, -0.2) is 4.79 Å². The van der Waals surface area contributed by atoms with Gasteiger partial charge in [0.15, 0.2) is 0 Å². The number of nitrogens with zero attached hydrogens (tertiary/aromatic N) is 1. The molecule has 0 radical (unpaired) electrons. The molecule has 21 heavy (non-hydrogen) atoms. The summed E-state index contributed by atoms with van der Waals surface area (Å²) in [5.41, 5.74) is -0.733. The number of hydrogen-bond acceptors (Lipinski definition) is 4. The molecule has 0 rings (SSSR count). The van der Waals surface area contributed by atoms with Gasteiger partial charge in [0.1, 0.15) is 5.60 Å². The minimum atomic E-state index is -0.471. The standard InChI is InChI=1S/C16H34N2O3/c1-13(12-20-8)11-17-9-10-18(15(2,3)4)14(19)21-16(5,6)7/h13,17H,9-12H2,1-8H3. The highest BCUT2D eigenvalue weighted by molar-refractivity contribution is 5.69. The second kappa shape index (κ2) is 8.59. The summed E-state index contributed by atoms with van der Waals surface area (Å²) in [6.45, 7) is 16.8. The molecule has 0 aromatic carbocycles. The van der Waals surface area contributed by atoms with E-state index in [-0.39, 0.29) is 11.6 Å². The van der Waals surface area contributed by atoms with E-state index in [1.54, 1.807) is 12.0 Å². The number of ether oxygens (including phenoxy) is 2. The topological polar surface area (TPSA) is 50.8 Å². The zero-order valence-electron chi connectivity index (χ0n) is 15.1. The van der Waals surface area contributed by atoms with Crippen molar-refractivity contribution in [3.05, 3.63) is 0 Å². The molecule has 1 unspecified atom stereocenters. The number of methoxy groups -OCH3 is 1. The van der Waals surface area contributed by atoms with E-state index < -0.39 is 5.60 Å². The van der Waals surface area contributed by atoms with Crippen LogP contribution in [0.2, 0.25) is 0 Å². The zero-order chi connectivity index (χ0) is 16.7. The number of rotatable bonds is 7. The lowest BCUT2D eigenvalue weighted by Crippen LogP contribution is -2.50. The van der Waals surface area contributed by atoms with E-state index in [4.69, 9.17) is 9.47 Å². The highest BCUT2D eigenvalue weighted by Gasteiger charge is 2.30. The first-order valence-electron chi connectivity index (χ1n) is 7.67. The Morgan fingerprint density at radius 2 is 1.76 bits per heavy atom. The normalized spacial score (nSPS) is 13.9. The molecule has 0 aromatic rings. The van der Waals surface area contributed by atoms with Crippen LogP contribution in [0.5, 0.6) is 0 Å². The Labute approximate surface area is 130 Å². The molecule has 0 saturated carbocycles. The van der Waals surface area contributed by atoms with Crippen molar-refractivity contribution in [2.45, 2.75) is 59.6 Å². The van der Waals surface area contributed by atoms with Gasteiger partial charge in [-0.2, -0.15) is 0 Å². The third-order valence-electron chi connectivity index (χ3n) is 2.88. The van der Waals surface area contributed by atoms with Crippen LogP contribution < -0.4 is 5.32 Å². The largest absolute Gasteiger partial charge is 0.444 e. The van der Waals surface area contributed by atoms with Crippen LogP contribution in [0.3, 0.4) is 0 Å². The second-order valence-corrected chi connectivity index (χ2v) is 7.57. The number of nitrogens with one attached hydrogen (secondary N) is 1. The fourth-order valence-electron chi connectivity index (χ4n) is 1.90. The smallest absolute Gasteiger partial charge is 0.410 e. The van der Waals surface area contributed by atoms with Crippen molar-refractivity contribution in [2.24, 2.45) is 5.92 Å². The first kappa shape index (κ1) is 20.2. The Morgan fingerprint density at radius 3 is 2.19 bits per heavy atom. The van der Waals surface area contributed by atoms with E-state index in [0.29, 0.717) is 12.5 Å². The van der Waals surface area contributed by atoms with Gasteiger partial charge in [0.05, 0.1) is 0 Å². The summed E-state index contributed by atoms with van der Waals surface area (Å²) in [6.07, 6.45) is -0.262. The van der Waals surface area contributed by atoms with Crippen molar-refractivity contribution in [2.75, 3.05) is 33.4 Å². The predicted octanol–water partition coefficient (Wildman–Crippen LogP) is 2.89. The van der Waals surface area contributed by atoms with Crippen LogP contribution in [0.15, 0.2) is 0 Å². The molecule has 0 aliphatic heterocycles. The van der Waals surface area contributed by atoms with E-state index in [1.165, 1.54) is 0 Å². The van der Waals surface area contributed by atoms with Crippen LogP contribution in [0, 0.1) is 5.92 Å². The van der Waals surface area contributed by atoms with Crippen LogP contribution in [-0.2, 0) is 9.47 Å². The molecule has 0 aliphatic carbocycles. The van der Waals surface area contributed by atoms with Gasteiger partial charge < -0.3 is 19.7 Å². The molecule has 0 aliphatic rings. The summed E-state index contributed by atoms with van der Waals surface area (Å²) in [4.78, 5) is 14.1. The number of amides is 1. The van der Waals surface area contributed by atoms with Gasteiger partial charge in [-0.1, -0.05) is 6.92 Å². The Morgan fingerprint density at radius 1 is 1.19 bits per heavy atom. The molecular weight excluding hydrogens is 268 g/mol. The van der Waals surface area contributed by atoms with Gasteiger partial charge in [-0.3, -0.25) is 0 Å². The van der Waals surface area contributed by atoms with Crippen LogP contribution in [-0.4, -0.2) is 55.5 Å². The van der Waals surface area contributed by atoms with Gasteiger partial charge in [-0.05, 0) is 54.0 Å². The van der Waals surface area contributed by atoms with Gasteiger partial charge >= 0.3 is 6.09 Å². The molecule has 0 fully saturated rings. The Balaban J connectivity index is 4.37. The van der Waals surface area contributed by atoms with E-state index in [9.17, 15) is 4.79 Å². The molecule has 1 N–H and O–H groups in total. The first-order valence-corrected chi connectivity index (χ1v) is 7.67. The summed E-state index contributed by atoms with van der Waals surface area (Å²) in [5.74, 6) is 0.458. The van der Waals surface area contributed by atoms with Gasteiger partial charge in [-0.15, -0.1) is 0 Å². The number of hydrogen-bond donors (Lipinski definition) is 1. The lowest BCUT2D eigenvalue weighted by Gasteiger charge is -2.37. The summed E-state index contributed by atoms with van der Waals surface area (Å²) >= 11 is 0. The van der Waals surface area contributed by atoms with E-state index in [2.05, 4.69) is 12.2 Å². The Kier molecular flexibility index (Phi) is 8.26.